The van der Waals surface area contributed by atoms with Gasteiger partial charge in [-0.05, 0) is 79.3 Å². The maximum absolute atomic E-state index is 14.6. The lowest BCUT2D eigenvalue weighted by Gasteiger charge is -2.32. The van der Waals surface area contributed by atoms with Crippen LogP contribution in [0.5, 0.6) is 0 Å². The van der Waals surface area contributed by atoms with Crippen LogP contribution < -0.4 is 5.73 Å². The Morgan fingerprint density at radius 1 is 0.852 bits per heavy atom. The summed E-state index contributed by atoms with van der Waals surface area (Å²) in [5.74, 6) is -6.03. The van der Waals surface area contributed by atoms with Gasteiger partial charge in [-0.2, -0.15) is 0 Å². The highest BCUT2D eigenvalue weighted by Gasteiger charge is 2.27. The first kappa shape index (κ1) is 19.8. The lowest BCUT2D eigenvalue weighted by molar-refractivity contribution is 0.277. The SMILES string of the molecule is CCC(N)C1CCC(c2cc(F)c(-c3cc(F)c(F)c(F)c3)c(F)c2)CC1. The smallest absolute Gasteiger partial charge is 0.194 e. The van der Waals surface area contributed by atoms with Crippen molar-refractivity contribution in [3.05, 3.63) is 58.9 Å². The number of rotatable bonds is 4. The first-order valence-corrected chi connectivity index (χ1v) is 9.21. The van der Waals surface area contributed by atoms with Crippen molar-refractivity contribution in [1.29, 1.82) is 0 Å². The molecule has 0 saturated heterocycles. The van der Waals surface area contributed by atoms with Crippen LogP contribution in [0.15, 0.2) is 24.3 Å². The third-order valence-electron chi connectivity index (χ3n) is 5.66. The van der Waals surface area contributed by atoms with Crippen LogP contribution in [0.25, 0.3) is 11.1 Å². The van der Waals surface area contributed by atoms with Gasteiger partial charge in [0.25, 0.3) is 0 Å². The van der Waals surface area contributed by atoms with Crippen molar-refractivity contribution in [2.75, 3.05) is 0 Å². The Morgan fingerprint density at radius 2 is 1.37 bits per heavy atom. The monoisotopic (exact) mass is 383 g/mol. The molecule has 2 aromatic rings. The van der Waals surface area contributed by atoms with Crippen LogP contribution in [0, 0.1) is 35.0 Å². The summed E-state index contributed by atoms with van der Waals surface area (Å²) in [6.07, 6.45) is 4.28. The first-order valence-electron chi connectivity index (χ1n) is 9.21. The van der Waals surface area contributed by atoms with Crippen molar-refractivity contribution in [2.24, 2.45) is 11.7 Å². The molecule has 1 saturated carbocycles. The number of hydrogen-bond acceptors (Lipinski definition) is 1. The van der Waals surface area contributed by atoms with E-state index < -0.39 is 34.6 Å². The summed E-state index contributed by atoms with van der Waals surface area (Å²) in [5.41, 5.74) is 5.69. The molecule has 146 valence electrons. The Hall–Kier alpha value is -1.95. The van der Waals surface area contributed by atoms with E-state index in [1.54, 1.807) is 0 Å². The van der Waals surface area contributed by atoms with Gasteiger partial charge < -0.3 is 5.73 Å². The largest absolute Gasteiger partial charge is 0.327 e. The maximum Gasteiger partial charge on any atom is 0.194 e. The minimum absolute atomic E-state index is 0.0186. The van der Waals surface area contributed by atoms with Gasteiger partial charge in [0.2, 0.25) is 0 Å². The fourth-order valence-electron chi connectivity index (χ4n) is 4.02. The van der Waals surface area contributed by atoms with Gasteiger partial charge in [0.05, 0.1) is 5.56 Å². The summed E-state index contributed by atoms with van der Waals surface area (Å²) in [5, 5.41) is 0. The van der Waals surface area contributed by atoms with Crippen LogP contribution in [0.1, 0.15) is 50.5 Å². The van der Waals surface area contributed by atoms with Crippen LogP contribution in [0.3, 0.4) is 0 Å². The predicted octanol–water partition coefficient (Wildman–Crippen LogP) is 6.06. The van der Waals surface area contributed by atoms with Crippen molar-refractivity contribution in [3.8, 4) is 11.1 Å². The Labute approximate surface area is 155 Å². The second-order valence-electron chi connectivity index (χ2n) is 7.30. The molecular weight excluding hydrogens is 361 g/mol. The number of hydrogen-bond donors (Lipinski definition) is 1. The molecule has 2 N–H and O–H groups in total. The van der Waals surface area contributed by atoms with E-state index in [9.17, 15) is 22.0 Å². The van der Waals surface area contributed by atoms with Crippen molar-refractivity contribution in [3.63, 3.8) is 0 Å². The Balaban J connectivity index is 1.86. The van der Waals surface area contributed by atoms with Crippen molar-refractivity contribution < 1.29 is 22.0 Å². The van der Waals surface area contributed by atoms with Gasteiger partial charge in [-0.3, -0.25) is 0 Å². The minimum Gasteiger partial charge on any atom is -0.327 e. The molecule has 0 bridgehead atoms. The van der Waals surface area contributed by atoms with Crippen LogP contribution in [0.2, 0.25) is 0 Å². The van der Waals surface area contributed by atoms with E-state index in [1.807, 2.05) is 6.92 Å². The highest BCUT2D eigenvalue weighted by molar-refractivity contribution is 5.65. The van der Waals surface area contributed by atoms with Gasteiger partial charge >= 0.3 is 0 Å². The summed E-state index contributed by atoms with van der Waals surface area (Å²) in [4.78, 5) is 0. The van der Waals surface area contributed by atoms with E-state index in [1.165, 1.54) is 12.1 Å². The van der Waals surface area contributed by atoms with Gasteiger partial charge in [-0.1, -0.05) is 6.92 Å². The lowest BCUT2D eigenvalue weighted by Crippen LogP contribution is -2.32. The standard InChI is InChI=1S/C21H22F5N/c1-2-19(27)12-5-3-11(4-6-12)13-7-15(22)20(16(23)8-13)14-9-17(24)21(26)18(25)10-14/h7-12,19H,2-6,27H2,1H3. The molecule has 1 aliphatic rings. The lowest BCUT2D eigenvalue weighted by atomic mass is 9.75. The average molecular weight is 383 g/mol. The van der Waals surface area contributed by atoms with Crippen LogP contribution in [-0.4, -0.2) is 6.04 Å². The fraction of sp³-hybridized carbons (Fsp3) is 0.429. The molecule has 0 radical (unpaired) electrons. The molecule has 1 unspecified atom stereocenters. The van der Waals surface area contributed by atoms with Crippen molar-refractivity contribution in [1.82, 2.24) is 0 Å². The maximum atomic E-state index is 14.6. The molecule has 3 rings (SSSR count). The van der Waals surface area contributed by atoms with E-state index in [-0.39, 0.29) is 17.5 Å². The molecule has 0 spiro atoms. The van der Waals surface area contributed by atoms with E-state index >= 15 is 0 Å². The van der Waals surface area contributed by atoms with Gasteiger partial charge in [0, 0.05) is 6.04 Å². The Kier molecular flexibility index (Phi) is 5.84. The topological polar surface area (TPSA) is 26.0 Å². The highest BCUT2D eigenvalue weighted by Crippen LogP contribution is 2.39. The van der Waals surface area contributed by atoms with Crippen molar-refractivity contribution >= 4 is 0 Å². The van der Waals surface area contributed by atoms with E-state index in [0.717, 1.165) is 32.1 Å². The highest BCUT2D eigenvalue weighted by atomic mass is 19.2. The zero-order chi connectivity index (χ0) is 19.7. The van der Waals surface area contributed by atoms with Crippen molar-refractivity contribution in [2.45, 2.75) is 51.0 Å². The molecule has 1 fully saturated rings. The third-order valence-corrected chi connectivity index (χ3v) is 5.66. The summed E-state index contributed by atoms with van der Waals surface area (Å²) in [6, 6.07) is 3.75. The van der Waals surface area contributed by atoms with Gasteiger partial charge in [0.15, 0.2) is 17.5 Å². The third kappa shape index (κ3) is 4.00. The van der Waals surface area contributed by atoms with Crippen LogP contribution >= 0.6 is 0 Å². The molecule has 27 heavy (non-hydrogen) atoms. The van der Waals surface area contributed by atoms with Gasteiger partial charge in [0.1, 0.15) is 11.6 Å². The quantitative estimate of drug-likeness (QED) is 0.504. The Morgan fingerprint density at radius 3 is 1.85 bits per heavy atom. The number of nitrogens with two attached hydrogens (primary N) is 1. The van der Waals surface area contributed by atoms with Crippen LogP contribution in [-0.2, 0) is 0 Å². The zero-order valence-corrected chi connectivity index (χ0v) is 15.0. The molecule has 0 heterocycles. The second-order valence-corrected chi connectivity index (χ2v) is 7.30. The summed E-state index contributed by atoms with van der Waals surface area (Å²) in [7, 11) is 0. The molecular formula is C21H22F5N. The van der Waals surface area contributed by atoms with E-state index in [2.05, 4.69) is 0 Å². The fourth-order valence-corrected chi connectivity index (χ4v) is 4.02. The zero-order valence-electron chi connectivity index (χ0n) is 15.0. The summed E-state index contributed by atoms with van der Waals surface area (Å²) in [6.45, 7) is 2.04. The molecule has 6 heteroatoms. The molecule has 1 atom stereocenters. The molecule has 1 aliphatic carbocycles. The van der Waals surface area contributed by atoms with E-state index in [4.69, 9.17) is 5.73 Å². The minimum atomic E-state index is -1.67. The Bertz CT molecular complexity index is 781. The normalized spacial score (nSPS) is 21.3. The molecule has 1 nitrogen and oxygen atoms in total. The first-order chi connectivity index (χ1) is 12.8. The summed E-state index contributed by atoms with van der Waals surface area (Å²) < 4.78 is 69.1. The van der Waals surface area contributed by atoms with Gasteiger partial charge in [-0.15, -0.1) is 0 Å². The number of benzene rings is 2. The predicted molar refractivity (Wildman–Crippen MR) is 94.6 cm³/mol. The van der Waals surface area contributed by atoms with E-state index in [0.29, 0.717) is 23.6 Å². The molecule has 0 aromatic heterocycles. The van der Waals surface area contributed by atoms with Gasteiger partial charge in [-0.25, -0.2) is 22.0 Å². The average Bonchev–Trinajstić information content (AvgIpc) is 2.65. The second kappa shape index (κ2) is 7.97. The molecule has 2 aromatic carbocycles. The van der Waals surface area contributed by atoms with Crippen LogP contribution in [0.4, 0.5) is 22.0 Å². The number of halogens is 5. The molecule has 0 amide bonds. The summed E-state index contributed by atoms with van der Waals surface area (Å²) >= 11 is 0. The molecule has 0 aliphatic heterocycles.